The molecule has 96 heavy (non-hydrogen) atoms. The Labute approximate surface area is 588 Å². The number of unbranched alkanes of at least 4 members (excludes halogenated alkanes) is 39. The number of esters is 4. The second kappa shape index (κ2) is 66.3. The van der Waals surface area contributed by atoms with E-state index >= 15 is 0 Å². The lowest BCUT2D eigenvalue weighted by Gasteiger charge is -2.21. The summed E-state index contributed by atoms with van der Waals surface area (Å²) in [6.07, 6.45) is 51.5. The summed E-state index contributed by atoms with van der Waals surface area (Å²) < 4.78 is 68.5. The molecule has 0 saturated carbocycles. The first-order valence-electron chi connectivity index (χ1n) is 39.7. The normalized spacial score (nSPS) is 14.4. The van der Waals surface area contributed by atoms with Gasteiger partial charge in [-0.1, -0.05) is 338 Å². The predicted molar refractivity (Wildman–Crippen MR) is 391 cm³/mol. The first-order valence-corrected chi connectivity index (χ1v) is 42.7. The monoisotopic (exact) mass is 1410 g/mol. The van der Waals surface area contributed by atoms with Gasteiger partial charge in [-0.2, -0.15) is 0 Å². The molecule has 0 aliphatic rings. The number of hydrogen-bond acceptors (Lipinski definition) is 15. The molecule has 0 radical (unpaired) electrons. The van der Waals surface area contributed by atoms with E-state index in [2.05, 4.69) is 55.4 Å². The van der Waals surface area contributed by atoms with Crippen molar-refractivity contribution in [2.24, 2.45) is 23.7 Å². The van der Waals surface area contributed by atoms with Gasteiger partial charge < -0.3 is 33.8 Å². The van der Waals surface area contributed by atoms with Crippen LogP contribution in [0.25, 0.3) is 0 Å². The Morgan fingerprint density at radius 1 is 0.292 bits per heavy atom. The van der Waals surface area contributed by atoms with E-state index in [-0.39, 0.29) is 25.7 Å². The van der Waals surface area contributed by atoms with Crippen LogP contribution in [0.2, 0.25) is 0 Å². The van der Waals surface area contributed by atoms with Crippen LogP contribution in [-0.4, -0.2) is 96.7 Å². The largest absolute Gasteiger partial charge is 0.472 e. The zero-order chi connectivity index (χ0) is 71.0. The summed E-state index contributed by atoms with van der Waals surface area (Å²) in [6.45, 7) is 14.2. The third kappa shape index (κ3) is 69.2. The molecule has 0 aliphatic heterocycles. The maximum Gasteiger partial charge on any atom is 0.472 e. The molecular formula is C77H150O17P2. The van der Waals surface area contributed by atoms with Crippen LogP contribution < -0.4 is 0 Å². The van der Waals surface area contributed by atoms with Gasteiger partial charge in [0.1, 0.15) is 19.3 Å². The van der Waals surface area contributed by atoms with Crippen molar-refractivity contribution in [3.8, 4) is 0 Å². The molecule has 6 atom stereocenters. The quantitative estimate of drug-likeness (QED) is 0.0222. The van der Waals surface area contributed by atoms with Crippen molar-refractivity contribution in [2.45, 2.75) is 408 Å². The standard InChI is InChI=1S/C77H150O17P2/c1-9-70(8)56-48-40-31-25-19-15-11-13-16-20-26-32-41-49-57-74(79)87-63-72(93-77(82)60-52-44-34-28-22-24-30-38-46-54-68(4)5)65-91-95(83,84)89-61-71(78)62-90-96(85,86)92-66-73(64-88-75(80)58-50-42-36-35-39-47-55-69(6)7)94-76(81)59-51-43-33-27-21-17-12-10-14-18-23-29-37-45-53-67(2)3/h67-73,78H,9-66H2,1-8H3,(H,83,84)(H,85,86)/t70?,71-,72-,73-/m1/s1. The van der Waals surface area contributed by atoms with Crippen molar-refractivity contribution in [3.63, 3.8) is 0 Å². The van der Waals surface area contributed by atoms with Gasteiger partial charge in [0.15, 0.2) is 12.2 Å². The molecule has 0 aliphatic carbocycles. The lowest BCUT2D eigenvalue weighted by molar-refractivity contribution is -0.161. The van der Waals surface area contributed by atoms with Gasteiger partial charge in [0.05, 0.1) is 26.4 Å². The summed E-state index contributed by atoms with van der Waals surface area (Å²) in [6, 6.07) is 0. The summed E-state index contributed by atoms with van der Waals surface area (Å²) in [5, 5.41) is 10.6. The van der Waals surface area contributed by atoms with E-state index in [0.717, 1.165) is 114 Å². The van der Waals surface area contributed by atoms with Gasteiger partial charge in [-0.15, -0.1) is 0 Å². The number of ether oxygens (including phenoxy) is 4. The molecule has 0 spiro atoms. The van der Waals surface area contributed by atoms with Crippen LogP contribution in [0.15, 0.2) is 0 Å². The van der Waals surface area contributed by atoms with Gasteiger partial charge in [0.25, 0.3) is 0 Å². The van der Waals surface area contributed by atoms with E-state index in [1.165, 1.54) is 186 Å². The fourth-order valence-electron chi connectivity index (χ4n) is 11.7. The van der Waals surface area contributed by atoms with Crippen LogP contribution in [0.5, 0.6) is 0 Å². The molecule has 17 nitrogen and oxygen atoms in total. The fourth-order valence-corrected chi connectivity index (χ4v) is 13.3. The Balaban J connectivity index is 5.20. The smallest absolute Gasteiger partial charge is 0.462 e. The van der Waals surface area contributed by atoms with E-state index < -0.39 is 97.5 Å². The Bertz CT molecular complexity index is 1890. The van der Waals surface area contributed by atoms with Gasteiger partial charge >= 0.3 is 39.5 Å². The molecule has 3 unspecified atom stereocenters. The predicted octanol–water partition coefficient (Wildman–Crippen LogP) is 22.4. The van der Waals surface area contributed by atoms with Crippen LogP contribution in [0.3, 0.4) is 0 Å². The number of rotatable bonds is 74. The molecular weight excluding hydrogens is 1260 g/mol. The summed E-state index contributed by atoms with van der Waals surface area (Å²) in [5.41, 5.74) is 0. The summed E-state index contributed by atoms with van der Waals surface area (Å²) in [5.74, 6) is 0.939. The lowest BCUT2D eigenvalue weighted by atomic mass is 9.99. The topological polar surface area (TPSA) is 237 Å². The SMILES string of the molecule is CCC(C)CCCCCCCCCCCCCCCCC(=O)OC[C@H](COP(=O)(O)OC[C@@H](O)COP(=O)(O)OC[C@@H](COC(=O)CCCCCCCCC(C)C)OC(=O)CCCCCCCCCCCCCCCCC(C)C)OC(=O)CCCCCCCCCCCC(C)C. The minimum Gasteiger partial charge on any atom is -0.462 e. The summed E-state index contributed by atoms with van der Waals surface area (Å²) >= 11 is 0. The maximum absolute atomic E-state index is 13.1. The fraction of sp³-hybridized carbons (Fsp3) is 0.948. The Kier molecular flexibility index (Phi) is 65.0. The van der Waals surface area contributed by atoms with E-state index in [9.17, 15) is 43.2 Å². The van der Waals surface area contributed by atoms with E-state index in [4.69, 9.17) is 37.0 Å². The Hall–Kier alpha value is -1.94. The first-order chi connectivity index (χ1) is 46.1. The number of phosphoric acid groups is 2. The zero-order valence-corrected chi connectivity index (χ0v) is 64.8. The second-order valence-corrected chi connectivity index (χ2v) is 32.3. The molecule has 19 heteroatoms. The van der Waals surface area contributed by atoms with Crippen molar-refractivity contribution in [1.82, 2.24) is 0 Å². The van der Waals surface area contributed by atoms with Gasteiger partial charge in [-0.3, -0.25) is 37.3 Å². The first kappa shape index (κ1) is 94.1. The van der Waals surface area contributed by atoms with Crippen molar-refractivity contribution in [2.75, 3.05) is 39.6 Å². The molecule has 0 fully saturated rings. The third-order valence-electron chi connectivity index (χ3n) is 18.2. The molecule has 0 amide bonds. The molecule has 0 aromatic carbocycles. The minimum atomic E-state index is -4.96. The van der Waals surface area contributed by atoms with Crippen LogP contribution in [-0.2, 0) is 65.4 Å². The lowest BCUT2D eigenvalue weighted by Crippen LogP contribution is -2.30. The number of carbonyl (C=O) groups is 4. The van der Waals surface area contributed by atoms with Crippen molar-refractivity contribution in [1.29, 1.82) is 0 Å². The molecule has 3 N–H and O–H groups in total. The van der Waals surface area contributed by atoms with Crippen LogP contribution in [0, 0.1) is 23.7 Å². The Morgan fingerprint density at radius 2 is 0.500 bits per heavy atom. The number of aliphatic hydroxyl groups is 1. The van der Waals surface area contributed by atoms with Gasteiger partial charge in [0, 0.05) is 25.7 Å². The van der Waals surface area contributed by atoms with Gasteiger partial charge in [-0.05, 0) is 49.4 Å². The highest BCUT2D eigenvalue weighted by Gasteiger charge is 2.30. The van der Waals surface area contributed by atoms with E-state index in [0.29, 0.717) is 31.6 Å². The summed E-state index contributed by atoms with van der Waals surface area (Å²) in [7, 11) is -9.91. The number of carbonyl (C=O) groups excluding carboxylic acids is 4. The molecule has 0 rings (SSSR count). The molecule has 0 aromatic heterocycles. The number of aliphatic hydroxyl groups excluding tert-OH is 1. The summed E-state index contributed by atoms with van der Waals surface area (Å²) in [4.78, 5) is 72.8. The molecule has 0 saturated heterocycles. The molecule has 0 aromatic rings. The highest BCUT2D eigenvalue weighted by Crippen LogP contribution is 2.45. The zero-order valence-electron chi connectivity index (χ0n) is 63.0. The van der Waals surface area contributed by atoms with Crippen LogP contribution in [0.4, 0.5) is 0 Å². The van der Waals surface area contributed by atoms with E-state index in [1.54, 1.807) is 0 Å². The van der Waals surface area contributed by atoms with Crippen LogP contribution >= 0.6 is 15.6 Å². The second-order valence-electron chi connectivity index (χ2n) is 29.4. The third-order valence-corrected chi connectivity index (χ3v) is 20.1. The van der Waals surface area contributed by atoms with Crippen LogP contribution in [0.1, 0.15) is 389 Å². The maximum atomic E-state index is 13.1. The molecule has 0 bridgehead atoms. The van der Waals surface area contributed by atoms with Gasteiger partial charge in [0.2, 0.25) is 0 Å². The van der Waals surface area contributed by atoms with Crippen molar-refractivity contribution in [3.05, 3.63) is 0 Å². The molecule has 0 heterocycles. The highest BCUT2D eigenvalue weighted by atomic mass is 31.2. The molecule has 570 valence electrons. The van der Waals surface area contributed by atoms with Crippen molar-refractivity contribution < 1.29 is 80.2 Å². The number of phosphoric ester groups is 2. The van der Waals surface area contributed by atoms with E-state index in [1.807, 2.05) is 0 Å². The number of hydrogen-bond donors (Lipinski definition) is 3. The minimum absolute atomic E-state index is 0.105. The van der Waals surface area contributed by atoms with Gasteiger partial charge in [-0.25, -0.2) is 9.13 Å². The van der Waals surface area contributed by atoms with Crippen molar-refractivity contribution >= 4 is 39.5 Å². The highest BCUT2D eigenvalue weighted by molar-refractivity contribution is 7.47. The Morgan fingerprint density at radius 3 is 0.740 bits per heavy atom. The average Bonchev–Trinajstić information content (AvgIpc) is 1.18. The average molecular weight is 1410 g/mol.